The second-order valence-corrected chi connectivity index (χ2v) is 6.89. The van der Waals surface area contributed by atoms with Gasteiger partial charge in [0.15, 0.2) is 0 Å². The van der Waals surface area contributed by atoms with Crippen LogP contribution >= 0.6 is 7.82 Å². The third-order valence-electron chi connectivity index (χ3n) is 3.33. The topological polar surface area (TPSA) is 118 Å². The molecule has 0 aromatic heterocycles. The number of carbonyl (C=O) groups excluding carboxylic acids is 1. The summed E-state index contributed by atoms with van der Waals surface area (Å²) in [6.07, 6.45) is 21.9. The monoisotopic (exact) mass is 400 g/mol. The van der Waals surface area contributed by atoms with Gasteiger partial charge >= 0.3 is 37.4 Å². The number of carboxylic acids is 1. The molecule has 0 saturated carbocycles. The average Bonchev–Trinajstić information content (AvgIpc) is 2.49. The van der Waals surface area contributed by atoms with E-state index in [1.807, 2.05) is 0 Å². The van der Waals surface area contributed by atoms with Crippen molar-refractivity contribution in [1.29, 1.82) is 0 Å². The maximum absolute atomic E-state index is 10.2. The minimum atomic E-state index is -4.64. The molecule has 26 heavy (non-hydrogen) atoms. The molecule has 0 aromatic rings. The molecule has 0 aliphatic heterocycles. The predicted octanol–water partition coefficient (Wildman–Crippen LogP) is 0.625. The molecular weight excluding hydrogens is 366 g/mol. The first kappa shape index (κ1) is 30.8. The van der Waals surface area contributed by atoms with Crippen LogP contribution in [0.3, 0.4) is 0 Å². The molecular formula is C18H34NaO6P. The van der Waals surface area contributed by atoms with Crippen molar-refractivity contribution in [2.24, 2.45) is 0 Å². The van der Waals surface area contributed by atoms with Crippen molar-refractivity contribution in [2.45, 2.75) is 84.0 Å². The number of rotatable bonds is 14. The number of aliphatic carboxylic acids is 1. The van der Waals surface area contributed by atoms with E-state index in [-0.39, 0.29) is 36.0 Å². The van der Waals surface area contributed by atoms with E-state index in [4.69, 9.17) is 19.2 Å². The third-order valence-corrected chi connectivity index (χ3v) is 3.33. The predicted molar refractivity (Wildman–Crippen MR) is 98.6 cm³/mol. The van der Waals surface area contributed by atoms with Crippen LogP contribution < -0.4 is 34.7 Å². The van der Waals surface area contributed by atoms with Gasteiger partial charge in [0.25, 0.3) is 0 Å². The molecule has 0 unspecified atom stereocenters. The van der Waals surface area contributed by atoms with Gasteiger partial charge in [-0.25, -0.2) is 4.57 Å². The summed E-state index contributed by atoms with van der Waals surface area (Å²) in [6, 6.07) is 0. The molecule has 3 N–H and O–H groups in total. The largest absolute Gasteiger partial charge is 1.00 e. The van der Waals surface area contributed by atoms with E-state index < -0.39 is 13.8 Å². The first-order valence-electron chi connectivity index (χ1n) is 9.05. The van der Waals surface area contributed by atoms with Crippen molar-refractivity contribution in [3.8, 4) is 0 Å². The molecule has 0 fully saturated rings. The van der Waals surface area contributed by atoms with Gasteiger partial charge in [-0.05, 0) is 44.9 Å². The third kappa shape index (κ3) is 44.0. The van der Waals surface area contributed by atoms with Crippen molar-refractivity contribution in [3.63, 3.8) is 0 Å². The SMILES string of the molecule is CCCCC/C=C\C/C=C\CCCCCCCC(=O)[O-].O=P(O)(O)O.[Na+]. The normalized spacial score (nSPS) is 11.2. The van der Waals surface area contributed by atoms with Crippen LogP contribution in [0.25, 0.3) is 0 Å². The van der Waals surface area contributed by atoms with E-state index in [1.165, 1.54) is 38.5 Å². The summed E-state index contributed by atoms with van der Waals surface area (Å²) in [6.45, 7) is 2.23. The van der Waals surface area contributed by atoms with E-state index in [2.05, 4.69) is 31.2 Å². The quantitative estimate of drug-likeness (QED) is 0.170. The second-order valence-electron chi connectivity index (χ2n) is 5.87. The zero-order valence-electron chi connectivity index (χ0n) is 16.3. The van der Waals surface area contributed by atoms with Gasteiger partial charge in [-0.15, -0.1) is 0 Å². The number of carbonyl (C=O) groups is 1. The standard InChI is InChI=1S/C18H32O2.Na.H3O4P/c1-2-3-4-5-6-7-8-9-10-11-12-13-14-15-16-17-18(19)20;;1-5(2,3)4/h6-7,9-10H,2-5,8,11-17H2,1H3,(H,19,20);;(H3,1,2,3,4)/q;+1;/p-1/b7-6-,10-9-;;. The Bertz CT molecular complexity index is 398. The van der Waals surface area contributed by atoms with Gasteiger partial charge < -0.3 is 24.6 Å². The number of hydrogen-bond acceptors (Lipinski definition) is 3. The maximum atomic E-state index is 10.2. The van der Waals surface area contributed by atoms with Crippen LogP contribution in [0.5, 0.6) is 0 Å². The van der Waals surface area contributed by atoms with Crippen molar-refractivity contribution in [2.75, 3.05) is 0 Å². The summed E-state index contributed by atoms with van der Waals surface area (Å²) in [7, 11) is -4.64. The Morgan fingerprint density at radius 3 is 1.73 bits per heavy atom. The number of carboxylic acid groups (broad SMARTS) is 1. The van der Waals surface area contributed by atoms with E-state index in [0.717, 1.165) is 32.1 Å². The van der Waals surface area contributed by atoms with Gasteiger partial charge in [-0.2, -0.15) is 0 Å². The molecule has 0 aliphatic rings. The van der Waals surface area contributed by atoms with Crippen molar-refractivity contribution in [1.82, 2.24) is 0 Å². The zero-order valence-corrected chi connectivity index (χ0v) is 19.2. The fourth-order valence-electron chi connectivity index (χ4n) is 2.08. The first-order chi connectivity index (χ1) is 11.8. The Morgan fingerprint density at radius 1 is 0.846 bits per heavy atom. The van der Waals surface area contributed by atoms with Crippen LogP contribution in [0.1, 0.15) is 84.0 Å². The van der Waals surface area contributed by atoms with Crippen molar-refractivity contribution >= 4 is 13.8 Å². The molecule has 0 aliphatic carbocycles. The molecule has 0 spiro atoms. The Hall–Kier alpha value is 0.0600. The van der Waals surface area contributed by atoms with Crippen LogP contribution in [0.15, 0.2) is 24.3 Å². The molecule has 0 atom stereocenters. The van der Waals surface area contributed by atoms with Crippen LogP contribution in [-0.2, 0) is 9.36 Å². The Morgan fingerprint density at radius 2 is 1.27 bits per heavy atom. The van der Waals surface area contributed by atoms with E-state index >= 15 is 0 Å². The Balaban J connectivity index is -0.000000772. The first-order valence-corrected chi connectivity index (χ1v) is 10.6. The molecule has 0 heterocycles. The molecule has 0 aromatic carbocycles. The summed E-state index contributed by atoms with van der Waals surface area (Å²) < 4.78 is 8.88. The second kappa shape index (κ2) is 23.1. The van der Waals surface area contributed by atoms with Crippen LogP contribution in [0.2, 0.25) is 0 Å². The number of phosphoric acid groups is 1. The Labute approximate surface area is 180 Å². The summed E-state index contributed by atoms with van der Waals surface area (Å²) in [5, 5.41) is 10.2. The van der Waals surface area contributed by atoms with Gasteiger partial charge in [-0.3, -0.25) is 0 Å². The number of unbranched alkanes of at least 4 members (excludes halogenated alkanes) is 8. The van der Waals surface area contributed by atoms with E-state index in [1.54, 1.807) is 0 Å². The molecule has 6 nitrogen and oxygen atoms in total. The minimum absolute atomic E-state index is 0. The van der Waals surface area contributed by atoms with Gasteiger partial charge in [-0.1, -0.05) is 63.3 Å². The summed E-state index contributed by atoms with van der Waals surface area (Å²) in [5.74, 6) is -0.921. The van der Waals surface area contributed by atoms with Gasteiger partial charge in [0, 0.05) is 5.97 Å². The molecule has 0 amide bonds. The summed E-state index contributed by atoms with van der Waals surface area (Å²) in [4.78, 5) is 31.8. The van der Waals surface area contributed by atoms with E-state index in [0.29, 0.717) is 0 Å². The van der Waals surface area contributed by atoms with Gasteiger partial charge in [0.1, 0.15) is 0 Å². The van der Waals surface area contributed by atoms with Crippen LogP contribution in [-0.4, -0.2) is 20.6 Å². The van der Waals surface area contributed by atoms with Gasteiger partial charge in [0.05, 0.1) is 0 Å². The molecule has 0 rings (SSSR count). The fourth-order valence-corrected chi connectivity index (χ4v) is 2.08. The fraction of sp³-hybridized carbons (Fsp3) is 0.722. The molecule has 0 saturated heterocycles. The maximum Gasteiger partial charge on any atom is 1.00 e. The molecule has 0 radical (unpaired) electrons. The molecule has 0 bridgehead atoms. The van der Waals surface area contributed by atoms with Crippen molar-refractivity contribution < 1.29 is 58.7 Å². The number of hydrogen-bond donors (Lipinski definition) is 3. The van der Waals surface area contributed by atoms with Crippen LogP contribution in [0.4, 0.5) is 0 Å². The van der Waals surface area contributed by atoms with Crippen molar-refractivity contribution in [3.05, 3.63) is 24.3 Å². The minimum Gasteiger partial charge on any atom is -0.550 e. The smallest absolute Gasteiger partial charge is 0.550 e. The zero-order chi connectivity index (χ0) is 19.4. The summed E-state index contributed by atoms with van der Waals surface area (Å²) >= 11 is 0. The molecule has 8 heteroatoms. The Kier molecular flexibility index (Phi) is 27.3. The van der Waals surface area contributed by atoms with Crippen LogP contribution in [0, 0.1) is 0 Å². The number of allylic oxidation sites excluding steroid dienone is 4. The molecule has 148 valence electrons. The average molecular weight is 400 g/mol. The van der Waals surface area contributed by atoms with Gasteiger partial charge in [0.2, 0.25) is 0 Å². The van der Waals surface area contributed by atoms with E-state index in [9.17, 15) is 9.90 Å². The summed E-state index contributed by atoms with van der Waals surface area (Å²) in [5.41, 5.74) is 0.